The highest BCUT2D eigenvalue weighted by atomic mass is 32.2. The van der Waals surface area contributed by atoms with Crippen molar-refractivity contribution in [2.24, 2.45) is 5.10 Å². The molecule has 2 heterocycles. The molecule has 2 aromatic rings. The normalized spacial score (nSPS) is 18.0. The number of rotatable bonds is 8. The van der Waals surface area contributed by atoms with Gasteiger partial charge in [0.1, 0.15) is 0 Å². The predicted octanol–water partition coefficient (Wildman–Crippen LogP) is 6.52. The molecule has 0 aliphatic carbocycles. The minimum absolute atomic E-state index is 0.723. The van der Waals surface area contributed by atoms with E-state index in [9.17, 15) is 0 Å². The number of benzene rings is 2. The third-order valence-corrected chi connectivity index (χ3v) is 8.26. The minimum atomic E-state index is -0.723. The lowest BCUT2D eigenvalue weighted by atomic mass is 10.3. The second-order valence-corrected chi connectivity index (χ2v) is 9.71. The molecule has 0 fully saturated rings. The van der Waals surface area contributed by atoms with E-state index >= 15 is 0 Å². The first-order valence-electron chi connectivity index (χ1n) is 9.89. The molecule has 4 nitrogen and oxygen atoms in total. The van der Waals surface area contributed by atoms with Gasteiger partial charge in [0.15, 0.2) is 5.17 Å². The van der Waals surface area contributed by atoms with Gasteiger partial charge in [-0.15, -0.1) is 5.10 Å². The Balaban J connectivity index is 1.72. The third kappa shape index (κ3) is 3.73. The summed E-state index contributed by atoms with van der Waals surface area (Å²) in [5.41, 5.74) is 2.49. The average molecular weight is 399 g/mol. The number of hydrazone groups is 1. The number of unbranched alkanes of at least 4 members (excludes halogenated alkanes) is 2. The van der Waals surface area contributed by atoms with Gasteiger partial charge < -0.3 is 0 Å². The van der Waals surface area contributed by atoms with Gasteiger partial charge in [-0.1, -0.05) is 57.0 Å². The molecule has 0 saturated carbocycles. The monoisotopic (exact) mass is 398 g/mol. The first kappa shape index (κ1) is 18.8. The van der Waals surface area contributed by atoms with Gasteiger partial charge in [0.2, 0.25) is 8.37 Å². The summed E-state index contributed by atoms with van der Waals surface area (Å²) in [7, 11) is -0.723. The zero-order valence-corrected chi connectivity index (χ0v) is 17.8. The molecule has 4 rings (SSSR count). The number of fused-ring (bicyclic) bond motifs is 3. The molecule has 6 heteroatoms. The zero-order chi connectivity index (χ0) is 18.6. The molecule has 0 radical (unpaired) electrons. The van der Waals surface area contributed by atoms with E-state index in [1.807, 2.05) is 0 Å². The van der Waals surface area contributed by atoms with Crippen LogP contribution in [0.25, 0.3) is 0 Å². The van der Waals surface area contributed by atoms with E-state index in [-0.39, 0.29) is 0 Å². The number of amidine groups is 1. The molecule has 0 bridgehead atoms. The van der Waals surface area contributed by atoms with Crippen molar-refractivity contribution < 1.29 is 0 Å². The van der Waals surface area contributed by atoms with Crippen LogP contribution < -0.4 is 9.45 Å². The van der Waals surface area contributed by atoms with E-state index < -0.39 is 8.37 Å². The fraction of sp³-hybridized carbons (Fsp3) is 0.381. The Labute approximate surface area is 168 Å². The molecule has 142 valence electrons. The smallest absolute Gasteiger partial charge is 0.207 e. The summed E-state index contributed by atoms with van der Waals surface area (Å²) >= 11 is 1.80. The molecule has 0 spiro atoms. The molecule has 0 amide bonds. The first-order chi connectivity index (χ1) is 13.3. The van der Waals surface area contributed by atoms with Crippen LogP contribution in [-0.4, -0.2) is 22.9 Å². The second-order valence-electron chi connectivity index (χ2n) is 6.82. The van der Waals surface area contributed by atoms with Crippen molar-refractivity contribution >= 4 is 36.7 Å². The van der Waals surface area contributed by atoms with Crippen molar-refractivity contribution in [2.45, 2.75) is 44.4 Å². The summed E-state index contributed by atoms with van der Waals surface area (Å²) in [5, 5.41) is 6.19. The van der Waals surface area contributed by atoms with Crippen molar-refractivity contribution in [1.82, 2.24) is 4.67 Å². The number of hydrogen-bond donors (Lipinski definition) is 0. The van der Waals surface area contributed by atoms with Crippen LogP contribution in [0.4, 0.5) is 11.4 Å². The Kier molecular flexibility index (Phi) is 6.01. The van der Waals surface area contributed by atoms with Gasteiger partial charge in [-0.25, -0.2) is 9.45 Å². The van der Waals surface area contributed by atoms with Gasteiger partial charge in [-0.05, 0) is 48.9 Å². The van der Waals surface area contributed by atoms with Gasteiger partial charge in [-0.2, -0.15) is 0 Å². The fourth-order valence-corrected chi connectivity index (χ4v) is 7.10. The Morgan fingerprint density at radius 3 is 2.30 bits per heavy atom. The van der Waals surface area contributed by atoms with Crippen LogP contribution in [0.5, 0.6) is 0 Å². The average Bonchev–Trinajstić information content (AvgIpc) is 3.25. The van der Waals surface area contributed by atoms with Crippen LogP contribution in [-0.2, 0) is 0 Å². The topological polar surface area (TPSA) is 22.1 Å². The minimum Gasteiger partial charge on any atom is -0.264 e. The molecule has 2 aliphatic heterocycles. The molecule has 1 atom stereocenters. The Hall–Kier alpha value is -1.55. The highest BCUT2D eigenvalue weighted by molar-refractivity contribution is 8.15. The molecule has 2 aliphatic rings. The number of para-hydroxylation sites is 2. The van der Waals surface area contributed by atoms with Gasteiger partial charge in [0, 0.05) is 18.0 Å². The molecular formula is C21H27N4PS. The number of nitrogens with zero attached hydrogens (tertiary/aromatic N) is 4. The SMILES string of the molecule is CCCCN(CCCC)P1N(c2ccccc2)N=C2Sc3ccccc3N21. The molecule has 27 heavy (non-hydrogen) atoms. The van der Waals surface area contributed by atoms with E-state index in [1.54, 1.807) is 11.8 Å². The van der Waals surface area contributed by atoms with E-state index in [0.717, 1.165) is 18.3 Å². The lowest BCUT2D eigenvalue weighted by Gasteiger charge is -2.37. The Morgan fingerprint density at radius 1 is 0.926 bits per heavy atom. The summed E-state index contributed by atoms with van der Waals surface area (Å²) in [5.74, 6) is 0. The van der Waals surface area contributed by atoms with E-state index in [1.165, 1.54) is 42.0 Å². The van der Waals surface area contributed by atoms with Crippen molar-refractivity contribution in [1.29, 1.82) is 0 Å². The summed E-state index contributed by atoms with van der Waals surface area (Å²) in [4.78, 5) is 1.32. The van der Waals surface area contributed by atoms with Crippen molar-refractivity contribution in [2.75, 3.05) is 22.5 Å². The van der Waals surface area contributed by atoms with Crippen molar-refractivity contribution in [3.63, 3.8) is 0 Å². The number of thioether (sulfide) groups is 1. The van der Waals surface area contributed by atoms with Crippen molar-refractivity contribution in [3.05, 3.63) is 54.6 Å². The lowest BCUT2D eigenvalue weighted by molar-refractivity contribution is 0.429. The van der Waals surface area contributed by atoms with Gasteiger partial charge >= 0.3 is 0 Å². The summed E-state index contributed by atoms with van der Waals surface area (Å²) < 4.78 is 7.45. The first-order valence-corrected chi connectivity index (χ1v) is 11.9. The Bertz CT molecular complexity index is 790. The zero-order valence-electron chi connectivity index (χ0n) is 16.1. The van der Waals surface area contributed by atoms with Gasteiger partial charge in [0.05, 0.1) is 11.4 Å². The quantitative estimate of drug-likeness (QED) is 0.472. The molecule has 0 N–H and O–H groups in total. The predicted molar refractivity (Wildman–Crippen MR) is 119 cm³/mol. The highest BCUT2D eigenvalue weighted by Crippen LogP contribution is 2.62. The van der Waals surface area contributed by atoms with Crippen LogP contribution in [0.3, 0.4) is 0 Å². The Morgan fingerprint density at radius 2 is 1.59 bits per heavy atom. The van der Waals surface area contributed by atoms with E-state index in [4.69, 9.17) is 5.10 Å². The summed E-state index contributed by atoms with van der Waals surface area (Å²) in [6, 6.07) is 19.4. The maximum absolute atomic E-state index is 5.08. The van der Waals surface area contributed by atoms with Crippen molar-refractivity contribution in [3.8, 4) is 0 Å². The maximum Gasteiger partial charge on any atom is 0.207 e. The van der Waals surface area contributed by atoms with Crippen LogP contribution in [0, 0.1) is 0 Å². The largest absolute Gasteiger partial charge is 0.264 e. The van der Waals surface area contributed by atoms with E-state index in [2.05, 4.69) is 82.6 Å². The van der Waals surface area contributed by atoms with Crippen LogP contribution in [0.1, 0.15) is 39.5 Å². The van der Waals surface area contributed by atoms with Crippen LogP contribution in [0.15, 0.2) is 64.6 Å². The molecule has 2 aromatic carbocycles. The standard InChI is InChI=1S/C21H27N4PS/c1-3-5-16-23(17-6-4-2)26-24-19-14-10-11-15-20(19)27-21(24)22-25(26)18-12-8-7-9-13-18/h7-15H,3-6,16-17H2,1-2H3. The lowest BCUT2D eigenvalue weighted by Crippen LogP contribution is -2.32. The third-order valence-electron chi connectivity index (χ3n) is 4.78. The summed E-state index contributed by atoms with van der Waals surface area (Å²) in [6.45, 7) is 6.80. The van der Waals surface area contributed by atoms with E-state index in [0.29, 0.717) is 0 Å². The van der Waals surface area contributed by atoms with Crippen LogP contribution in [0.2, 0.25) is 0 Å². The number of anilines is 2. The summed E-state index contributed by atoms with van der Waals surface area (Å²) in [6.07, 6.45) is 4.89. The number of hydrogen-bond acceptors (Lipinski definition) is 5. The highest BCUT2D eigenvalue weighted by Gasteiger charge is 2.45. The second kappa shape index (κ2) is 8.64. The molecule has 0 aromatic heterocycles. The fourth-order valence-electron chi connectivity index (χ4n) is 3.35. The molecule has 1 unspecified atom stereocenters. The molecule has 0 saturated heterocycles. The van der Waals surface area contributed by atoms with Gasteiger partial charge in [-0.3, -0.25) is 4.67 Å². The van der Waals surface area contributed by atoms with Gasteiger partial charge in [0.25, 0.3) is 0 Å². The van der Waals surface area contributed by atoms with Crippen LogP contribution >= 0.6 is 20.1 Å². The maximum atomic E-state index is 5.08. The molecular weight excluding hydrogens is 371 g/mol.